The molecule has 0 aliphatic rings. The summed E-state index contributed by atoms with van der Waals surface area (Å²) >= 11 is 6.30. The molecule has 0 spiro atoms. The van der Waals surface area contributed by atoms with Crippen molar-refractivity contribution in [3.63, 3.8) is 0 Å². The Balaban J connectivity index is 2.70. The molecule has 0 aliphatic heterocycles. The molecular weight excluding hydrogens is 270 g/mol. The standard InChI is InChI=1S/C16H20ClN3/c1-5-10(2)12(4)20-15-8-13(9-18)6-7-14(15)19-16(20)11(3)17/h6-8,10-12H,5H2,1-4H3. The lowest BCUT2D eigenvalue weighted by molar-refractivity contribution is 0.369. The number of hydrogen-bond acceptors (Lipinski definition) is 2. The lowest BCUT2D eigenvalue weighted by atomic mass is 10.00. The van der Waals surface area contributed by atoms with Gasteiger partial charge in [-0.25, -0.2) is 4.98 Å². The van der Waals surface area contributed by atoms with Crippen LogP contribution in [0.4, 0.5) is 0 Å². The molecule has 0 aliphatic carbocycles. The summed E-state index contributed by atoms with van der Waals surface area (Å²) in [7, 11) is 0. The van der Waals surface area contributed by atoms with Crippen molar-refractivity contribution >= 4 is 22.6 Å². The molecule has 2 aromatic rings. The minimum absolute atomic E-state index is 0.153. The van der Waals surface area contributed by atoms with Crippen molar-refractivity contribution in [3.05, 3.63) is 29.6 Å². The smallest absolute Gasteiger partial charge is 0.127 e. The van der Waals surface area contributed by atoms with Gasteiger partial charge in [-0.3, -0.25) is 0 Å². The topological polar surface area (TPSA) is 41.6 Å². The normalized spacial score (nSPS) is 15.8. The highest BCUT2D eigenvalue weighted by molar-refractivity contribution is 6.20. The van der Waals surface area contributed by atoms with Crippen LogP contribution in [0, 0.1) is 17.2 Å². The summed E-state index contributed by atoms with van der Waals surface area (Å²) in [6.45, 7) is 8.54. The molecule has 0 amide bonds. The van der Waals surface area contributed by atoms with Gasteiger partial charge in [0.2, 0.25) is 0 Å². The minimum Gasteiger partial charge on any atom is -0.324 e. The molecule has 4 heteroatoms. The van der Waals surface area contributed by atoms with Crippen LogP contribution in [-0.2, 0) is 0 Å². The third-order valence-corrected chi connectivity index (χ3v) is 4.27. The zero-order valence-corrected chi connectivity index (χ0v) is 13.1. The predicted molar refractivity (Wildman–Crippen MR) is 82.9 cm³/mol. The third-order valence-electron chi connectivity index (χ3n) is 4.08. The summed E-state index contributed by atoms with van der Waals surface area (Å²) < 4.78 is 2.20. The van der Waals surface area contributed by atoms with E-state index in [2.05, 4.69) is 36.4 Å². The van der Waals surface area contributed by atoms with Crippen molar-refractivity contribution in [1.82, 2.24) is 9.55 Å². The fourth-order valence-corrected chi connectivity index (χ4v) is 2.64. The number of nitriles is 1. The van der Waals surface area contributed by atoms with Gasteiger partial charge in [0, 0.05) is 6.04 Å². The Hall–Kier alpha value is -1.53. The van der Waals surface area contributed by atoms with Crippen LogP contribution in [0.5, 0.6) is 0 Å². The molecule has 0 saturated heterocycles. The van der Waals surface area contributed by atoms with E-state index in [4.69, 9.17) is 16.9 Å². The van der Waals surface area contributed by atoms with Crippen molar-refractivity contribution in [2.45, 2.75) is 45.5 Å². The largest absolute Gasteiger partial charge is 0.324 e. The molecule has 1 aromatic carbocycles. The average molecular weight is 290 g/mol. The van der Waals surface area contributed by atoms with Gasteiger partial charge >= 0.3 is 0 Å². The van der Waals surface area contributed by atoms with E-state index in [-0.39, 0.29) is 5.38 Å². The van der Waals surface area contributed by atoms with Crippen molar-refractivity contribution < 1.29 is 0 Å². The van der Waals surface area contributed by atoms with Gasteiger partial charge in [0.15, 0.2) is 0 Å². The number of fused-ring (bicyclic) bond motifs is 1. The van der Waals surface area contributed by atoms with Crippen LogP contribution in [0.25, 0.3) is 11.0 Å². The molecule has 0 N–H and O–H groups in total. The quantitative estimate of drug-likeness (QED) is 0.758. The van der Waals surface area contributed by atoms with Crippen LogP contribution >= 0.6 is 11.6 Å². The van der Waals surface area contributed by atoms with Crippen molar-refractivity contribution in [2.75, 3.05) is 0 Å². The predicted octanol–water partition coefficient (Wildman–Crippen LogP) is 4.81. The van der Waals surface area contributed by atoms with E-state index in [9.17, 15) is 0 Å². The van der Waals surface area contributed by atoms with E-state index in [1.807, 2.05) is 19.1 Å². The van der Waals surface area contributed by atoms with Crippen LogP contribution in [0.3, 0.4) is 0 Å². The van der Waals surface area contributed by atoms with E-state index >= 15 is 0 Å². The molecule has 1 aromatic heterocycles. The second-order valence-electron chi connectivity index (χ2n) is 5.40. The monoisotopic (exact) mass is 289 g/mol. The SMILES string of the molecule is CCC(C)C(C)n1c(C(C)Cl)nc2ccc(C#N)cc21. The fourth-order valence-electron chi connectivity index (χ4n) is 2.49. The van der Waals surface area contributed by atoms with Crippen molar-refractivity contribution in [2.24, 2.45) is 5.92 Å². The molecule has 106 valence electrons. The first-order valence-electron chi connectivity index (χ1n) is 7.05. The van der Waals surface area contributed by atoms with Gasteiger partial charge in [0.1, 0.15) is 5.82 Å². The summed E-state index contributed by atoms with van der Waals surface area (Å²) in [5, 5.41) is 8.94. The minimum atomic E-state index is -0.153. The van der Waals surface area contributed by atoms with E-state index < -0.39 is 0 Å². The van der Waals surface area contributed by atoms with Crippen LogP contribution < -0.4 is 0 Å². The van der Waals surface area contributed by atoms with Crippen molar-refractivity contribution in [1.29, 1.82) is 5.26 Å². The Morgan fingerprint density at radius 1 is 1.35 bits per heavy atom. The van der Waals surface area contributed by atoms with Gasteiger partial charge in [-0.15, -0.1) is 11.6 Å². The van der Waals surface area contributed by atoms with Gasteiger partial charge in [-0.2, -0.15) is 5.26 Å². The van der Waals surface area contributed by atoms with Crippen LogP contribution in [0.2, 0.25) is 0 Å². The van der Waals surface area contributed by atoms with E-state index in [0.717, 1.165) is 23.3 Å². The summed E-state index contributed by atoms with van der Waals surface area (Å²) in [5.41, 5.74) is 2.56. The Morgan fingerprint density at radius 2 is 2.05 bits per heavy atom. The first-order chi connectivity index (χ1) is 9.49. The van der Waals surface area contributed by atoms with E-state index in [1.54, 1.807) is 6.07 Å². The molecule has 2 rings (SSSR count). The Bertz CT molecular complexity index is 652. The lowest BCUT2D eigenvalue weighted by Gasteiger charge is -2.23. The molecule has 20 heavy (non-hydrogen) atoms. The molecular formula is C16H20ClN3. The second-order valence-corrected chi connectivity index (χ2v) is 6.05. The number of aromatic nitrogens is 2. The molecule has 3 unspecified atom stereocenters. The number of benzene rings is 1. The molecule has 1 heterocycles. The maximum Gasteiger partial charge on any atom is 0.127 e. The van der Waals surface area contributed by atoms with Gasteiger partial charge in [0.25, 0.3) is 0 Å². The van der Waals surface area contributed by atoms with Crippen LogP contribution in [0.15, 0.2) is 18.2 Å². The number of nitrogens with zero attached hydrogens (tertiary/aromatic N) is 3. The van der Waals surface area contributed by atoms with Gasteiger partial charge < -0.3 is 4.57 Å². The highest BCUT2D eigenvalue weighted by Gasteiger charge is 2.22. The zero-order chi connectivity index (χ0) is 14.9. The highest BCUT2D eigenvalue weighted by atomic mass is 35.5. The number of hydrogen-bond donors (Lipinski definition) is 0. The average Bonchev–Trinajstić information content (AvgIpc) is 2.83. The summed E-state index contributed by atoms with van der Waals surface area (Å²) in [5.74, 6) is 1.40. The first kappa shape index (κ1) is 14.9. The Morgan fingerprint density at radius 3 is 2.60 bits per heavy atom. The second kappa shape index (κ2) is 5.85. The van der Waals surface area contributed by atoms with Crippen molar-refractivity contribution in [3.8, 4) is 6.07 Å². The summed E-state index contributed by atoms with van der Waals surface area (Å²) in [6, 6.07) is 8.10. The lowest BCUT2D eigenvalue weighted by Crippen LogP contribution is -2.16. The highest BCUT2D eigenvalue weighted by Crippen LogP contribution is 2.32. The number of imidazole rings is 1. The molecule has 0 radical (unpaired) electrons. The first-order valence-corrected chi connectivity index (χ1v) is 7.49. The number of halogens is 1. The molecule has 0 saturated carbocycles. The fraction of sp³-hybridized carbons (Fsp3) is 0.500. The molecule has 0 fully saturated rings. The van der Waals surface area contributed by atoms with Gasteiger partial charge in [-0.05, 0) is 38.0 Å². The van der Waals surface area contributed by atoms with Crippen LogP contribution in [-0.4, -0.2) is 9.55 Å². The Labute approximate surface area is 125 Å². The van der Waals surface area contributed by atoms with Crippen LogP contribution in [0.1, 0.15) is 56.9 Å². The Kier molecular flexibility index (Phi) is 4.35. The number of rotatable bonds is 4. The molecule has 3 nitrogen and oxygen atoms in total. The molecule has 0 bridgehead atoms. The van der Waals surface area contributed by atoms with Gasteiger partial charge in [0.05, 0.1) is 28.0 Å². The maximum atomic E-state index is 9.09. The van der Waals surface area contributed by atoms with E-state index in [0.29, 0.717) is 17.5 Å². The maximum absolute atomic E-state index is 9.09. The zero-order valence-electron chi connectivity index (χ0n) is 12.4. The van der Waals surface area contributed by atoms with E-state index in [1.165, 1.54) is 0 Å². The van der Waals surface area contributed by atoms with Gasteiger partial charge in [-0.1, -0.05) is 20.3 Å². The third kappa shape index (κ3) is 2.53. The summed E-state index contributed by atoms with van der Waals surface area (Å²) in [6.07, 6.45) is 1.09. The molecule has 3 atom stereocenters. The summed E-state index contributed by atoms with van der Waals surface area (Å²) in [4.78, 5) is 4.65. The number of alkyl halides is 1.